The maximum Gasteiger partial charge on any atom is 0.270 e. The van der Waals surface area contributed by atoms with E-state index in [-0.39, 0.29) is 39.8 Å². The number of nitrogens with one attached hydrogen (secondary N) is 4. The topological polar surface area (TPSA) is 262 Å². The molecule has 19 heteroatoms. The van der Waals surface area contributed by atoms with Crippen molar-refractivity contribution in [3.05, 3.63) is 85.7 Å². The van der Waals surface area contributed by atoms with Crippen molar-refractivity contribution >= 4 is 5.69 Å². The minimum atomic E-state index is -0.529. The van der Waals surface area contributed by atoms with Crippen molar-refractivity contribution in [3.63, 3.8) is 0 Å². The van der Waals surface area contributed by atoms with E-state index in [2.05, 4.69) is 61.2 Å². The summed E-state index contributed by atoms with van der Waals surface area (Å²) in [7, 11) is 0. The highest BCUT2D eigenvalue weighted by molar-refractivity contribution is 5.68. The second-order valence-electron chi connectivity index (χ2n) is 9.55. The molecule has 0 saturated heterocycles. The molecular weight excluding hydrogens is 614 g/mol. The lowest BCUT2D eigenvalue weighted by Gasteiger charge is -2.10. The summed E-state index contributed by atoms with van der Waals surface area (Å²) in [5, 5.41) is 37.4. The standard InChI is InChI=1S/C14H13N7O4.C14H14N6O2/c1-2-5-25-11-4-3-8(21(23)24)6-9(11)12-15-7-10(14(22)16-12)13-17-19-20-18-13;1-2-7-22-11-6-4-3-5-9(11)12-15-8-10(14(21)16-12)13-17-19-20-18-13/h3-4,6-7H,2,5H2,1H3,(H,15,16,22)(H,17,18,19,20);3-6,8H,2,7H2,1H3,(H,15,16,21)(H,17,18,19,20). The monoisotopic (exact) mass is 641 g/mol. The predicted molar refractivity (Wildman–Crippen MR) is 165 cm³/mol. The number of H-pyrrole nitrogens is 4. The van der Waals surface area contributed by atoms with E-state index in [0.29, 0.717) is 36.1 Å². The summed E-state index contributed by atoms with van der Waals surface area (Å²) >= 11 is 0. The van der Waals surface area contributed by atoms with Gasteiger partial charge in [-0.3, -0.25) is 19.7 Å². The lowest BCUT2D eigenvalue weighted by Crippen LogP contribution is -2.12. The highest BCUT2D eigenvalue weighted by atomic mass is 16.6. The van der Waals surface area contributed by atoms with Crippen LogP contribution in [0.2, 0.25) is 0 Å². The van der Waals surface area contributed by atoms with Crippen LogP contribution in [-0.2, 0) is 0 Å². The van der Waals surface area contributed by atoms with Gasteiger partial charge in [0.05, 0.1) is 29.3 Å². The third-order valence-corrected chi connectivity index (χ3v) is 6.27. The number of ether oxygens (including phenoxy) is 2. The molecule has 6 aromatic rings. The van der Waals surface area contributed by atoms with Crippen molar-refractivity contribution in [2.45, 2.75) is 26.7 Å². The summed E-state index contributed by atoms with van der Waals surface area (Å²) in [4.78, 5) is 48.7. The van der Waals surface area contributed by atoms with Crippen LogP contribution in [0, 0.1) is 10.1 Å². The fourth-order valence-electron chi connectivity index (χ4n) is 4.09. The second kappa shape index (κ2) is 14.9. The van der Waals surface area contributed by atoms with Gasteiger partial charge in [0.15, 0.2) is 0 Å². The summed E-state index contributed by atoms with van der Waals surface area (Å²) in [6.45, 7) is 4.99. The molecule has 0 radical (unpaired) electrons. The zero-order valence-electron chi connectivity index (χ0n) is 25.0. The number of non-ortho nitro benzene ring substituents is 1. The van der Waals surface area contributed by atoms with Crippen LogP contribution in [0.1, 0.15) is 26.7 Å². The van der Waals surface area contributed by atoms with Crippen molar-refractivity contribution in [1.82, 2.24) is 61.2 Å². The van der Waals surface area contributed by atoms with Gasteiger partial charge in [-0.1, -0.05) is 26.0 Å². The molecule has 4 aromatic heterocycles. The third kappa shape index (κ3) is 7.53. The van der Waals surface area contributed by atoms with Crippen LogP contribution in [0.5, 0.6) is 11.5 Å². The molecule has 240 valence electrons. The molecule has 0 fully saturated rings. The van der Waals surface area contributed by atoms with Gasteiger partial charge in [0.25, 0.3) is 16.8 Å². The molecule has 0 amide bonds. The van der Waals surface area contributed by atoms with Crippen molar-refractivity contribution in [1.29, 1.82) is 0 Å². The van der Waals surface area contributed by atoms with Crippen LogP contribution in [0.15, 0.2) is 64.4 Å². The largest absolute Gasteiger partial charge is 0.493 e. The average Bonchev–Trinajstić information content (AvgIpc) is 3.82. The summed E-state index contributed by atoms with van der Waals surface area (Å²) in [5.41, 5.74) is 0.454. The normalized spacial score (nSPS) is 10.6. The molecule has 0 bridgehead atoms. The van der Waals surface area contributed by atoms with Gasteiger partial charge in [-0.2, -0.15) is 10.4 Å². The van der Waals surface area contributed by atoms with Gasteiger partial charge in [0, 0.05) is 24.5 Å². The number of rotatable bonds is 11. The Morgan fingerprint density at radius 2 is 1.26 bits per heavy atom. The summed E-state index contributed by atoms with van der Waals surface area (Å²) < 4.78 is 11.3. The zero-order chi connectivity index (χ0) is 33.2. The number of benzene rings is 2. The first-order valence-electron chi connectivity index (χ1n) is 14.2. The van der Waals surface area contributed by atoms with Crippen molar-refractivity contribution < 1.29 is 14.4 Å². The Balaban J connectivity index is 0.000000186. The fraction of sp³-hybridized carbons (Fsp3) is 0.214. The van der Waals surface area contributed by atoms with Crippen molar-refractivity contribution in [2.24, 2.45) is 0 Å². The Bertz CT molecular complexity index is 2060. The van der Waals surface area contributed by atoms with Gasteiger partial charge in [-0.15, -0.1) is 20.4 Å². The minimum absolute atomic E-state index is 0.0989. The van der Waals surface area contributed by atoms with Crippen LogP contribution in [0.4, 0.5) is 5.69 Å². The molecule has 19 nitrogen and oxygen atoms in total. The van der Waals surface area contributed by atoms with Crippen LogP contribution in [0.3, 0.4) is 0 Å². The molecule has 47 heavy (non-hydrogen) atoms. The van der Waals surface area contributed by atoms with E-state index in [1.54, 1.807) is 0 Å². The van der Waals surface area contributed by atoms with Crippen LogP contribution in [-0.4, -0.2) is 79.3 Å². The van der Waals surface area contributed by atoms with Gasteiger partial charge < -0.3 is 19.4 Å². The Morgan fingerprint density at radius 3 is 1.74 bits per heavy atom. The number of nitrogens with zero attached hydrogens (tertiary/aromatic N) is 9. The summed E-state index contributed by atoms with van der Waals surface area (Å²) in [6.07, 6.45) is 4.36. The first kappa shape index (κ1) is 31.8. The van der Waals surface area contributed by atoms with E-state index in [0.717, 1.165) is 18.4 Å². The first-order valence-corrected chi connectivity index (χ1v) is 14.2. The van der Waals surface area contributed by atoms with Crippen LogP contribution in [0.25, 0.3) is 45.6 Å². The van der Waals surface area contributed by atoms with Gasteiger partial charge in [0.1, 0.15) is 34.3 Å². The van der Waals surface area contributed by atoms with Crippen LogP contribution >= 0.6 is 0 Å². The molecule has 0 aliphatic heterocycles. The Kier molecular flexibility index (Phi) is 10.1. The fourth-order valence-corrected chi connectivity index (χ4v) is 4.09. The molecule has 6 rings (SSSR count). The lowest BCUT2D eigenvalue weighted by atomic mass is 10.1. The maximum atomic E-state index is 12.3. The van der Waals surface area contributed by atoms with Gasteiger partial charge in [0.2, 0.25) is 11.6 Å². The molecule has 0 spiro atoms. The van der Waals surface area contributed by atoms with Crippen molar-refractivity contribution in [3.8, 4) is 57.1 Å². The molecule has 4 N–H and O–H groups in total. The third-order valence-electron chi connectivity index (χ3n) is 6.27. The number of para-hydroxylation sites is 1. The quantitative estimate of drug-likeness (QED) is 0.117. The highest BCUT2D eigenvalue weighted by Gasteiger charge is 2.18. The molecule has 0 atom stereocenters. The molecule has 0 aliphatic rings. The Hall–Kier alpha value is -6.66. The van der Waals surface area contributed by atoms with E-state index in [1.807, 2.05) is 38.1 Å². The molecular formula is C28H27N13O6. The van der Waals surface area contributed by atoms with Gasteiger partial charge in [-0.25, -0.2) is 9.97 Å². The number of nitro groups is 1. The molecule has 2 aromatic carbocycles. The van der Waals surface area contributed by atoms with Crippen LogP contribution < -0.4 is 20.6 Å². The number of aromatic amines is 4. The Morgan fingerprint density at radius 1 is 0.723 bits per heavy atom. The molecule has 0 aliphatic carbocycles. The van der Waals surface area contributed by atoms with E-state index in [9.17, 15) is 19.7 Å². The molecule has 0 saturated carbocycles. The SMILES string of the molecule is CCCOc1ccc([N+](=O)[O-])cc1-c1ncc(-c2nn[nH]n2)c(=O)[nH]1.CCCOc1ccccc1-c1ncc(-c2nn[nH]n2)c(=O)[nH]1. The average molecular weight is 642 g/mol. The number of aromatic nitrogens is 12. The number of nitro benzene ring substituents is 1. The van der Waals surface area contributed by atoms with E-state index in [4.69, 9.17) is 9.47 Å². The predicted octanol–water partition coefficient (Wildman–Crippen LogP) is 2.72. The summed E-state index contributed by atoms with van der Waals surface area (Å²) in [5.74, 6) is 1.95. The molecule has 0 unspecified atom stereocenters. The smallest absolute Gasteiger partial charge is 0.270 e. The first-order chi connectivity index (χ1) is 22.9. The van der Waals surface area contributed by atoms with Gasteiger partial charge in [-0.05, 0) is 41.5 Å². The van der Waals surface area contributed by atoms with E-state index < -0.39 is 10.5 Å². The number of hydrogen-bond acceptors (Lipinski definition) is 14. The number of tetrazole rings is 2. The van der Waals surface area contributed by atoms with Crippen molar-refractivity contribution in [2.75, 3.05) is 13.2 Å². The number of hydrogen-bond donors (Lipinski definition) is 4. The zero-order valence-corrected chi connectivity index (χ0v) is 25.0. The maximum absolute atomic E-state index is 12.3. The summed E-state index contributed by atoms with van der Waals surface area (Å²) in [6, 6.07) is 11.5. The highest BCUT2D eigenvalue weighted by Crippen LogP contribution is 2.31. The van der Waals surface area contributed by atoms with E-state index in [1.165, 1.54) is 30.6 Å². The minimum Gasteiger partial charge on any atom is -0.493 e. The second-order valence-corrected chi connectivity index (χ2v) is 9.55. The lowest BCUT2D eigenvalue weighted by molar-refractivity contribution is -0.384. The Labute approximate surface area is 264 Å². The molecule has 4 heterocycles. The van der Waals surface area contributed by atoms with Gasteiger partial charge >= 0.3 is 0 Å². The van der Waals surface area contributed by atoms with E-state index >= 15 is 0 Å².